The van der Waals surface area contributed by atoms with Crippen LogP contribution < -0.4 is 16.7 Å². The zero-order chi connectivity index (χ0) is 20.4. The molecule has 2 heterocycles. The minimum atomic E-state index is -0.415. The van der Waals surface area contributed by atoms with Gasteiger partial charge in [0.15, 0.2) is 11.2 Å². The number of rotatable bonds is 6. The summed E-state index contributed by atoms with van der Waals surface area (Å²) in [4.78, 5) is 29.4. The number of hydrogen-bond donors (Lipinski definition) is 1. The van der Waals surface area contributed by atoms with E-state index in [4.69, 9.17) is 11.6 Å². The third kappa shape index (κ3) is 3.87. The average Bonchev–Trinajstić information content (AvgIpc) is 3.03. The van der Waals surface area contributed by atoms with E-state index in [1.54, 1.807) is 30.0 Å². The molecule has 8 nitrogen and oxygen atoms in total. The van der Waals surface area contributed by atoms with Gasteiger partial charge in [-0.1, -0.05) is 37.6 Å². The summed E-state index contributed by atoms with van der Waals surface area (Å²) in [7, 11) is 3.07. The van der Waals surface area contributed by atoms with Crippen LogP contribution in [0.4, 0.5) is 5.95 Å². The summed E-state index contributed by atoms with van der Waals surface area (Å²) in [6.45, 7) is 4.80. The van der Waals surface area contributed by atoms with Crippen LogP contribution in [0.1, 0.15) is 25.8 Å². The molecule has 0 saturated carbocycles. The van der Waals surface area contributed by atoms with Gasteiger partial charge in [0.25, 0.3) is 5.56 Å². The van der Waals surface area contributed by atoms with E-state index in [0.29, 0.717) is 34.6 Å². The Morgan fingerprint density at radius 3 is 2.50 bits per heavy atom. The van der Waals surface area contributed by atoms with Gasteiger partial charge in [0.2, 0.25) is 5.95 Å². The van der Waals surface area contributed by atoms with E-state index < -0.39 is 5.69 Å². The van der Waals surface area contributed by atoms with Gasteiger partial charge in [0, 0.05) is 25.7 Å². The SMILES string of the molecule is CC(C)CCn1c(N/N=C/c2ccc(Cl)cc2)nc2c1c(=O)n(C)c(=O)n2C. The van der Waals surface area contributed by atoms with Crippen molar-refractivity contribution in [1.29, 1.82) is 0 Å². The van der Waals surface area contributed by atoms with E-state index in [9.17, 15) is 9.59 Å². The molecule has 1 aromatic carbocycles. The van der Waals surface area contributed by atoms with E-state index in [-0.39, 0.29) is 5.56 Å². The van der Waals surface area contributed by atoms with Gasteiger partial charge in [-0.3, -0.25) is 13.9 Å². The molecule has 0 amide bonds. The molecule has 3 rings (SSSR count). The average molecular weight is 403 g/mol. The Morgan fingerprint density at radius 1 is 1.18 bits per heavy atom. The lowest BCUT2D eigenvalue weighted by Crippen LogP contribution is -2.37. The van der Waals surface area contributed by atoms with E-state index >= 15 is 0 Å². The van der Waals surface area contributed by atoms with E-state index in [2.05, 4.69) is 29.4 Å². The molecule has 0 saturated heterocycles. The van der Waals surface area contributed by atoms with Crippen LogP contribution in [0.15, 0.2) is 39.0 Å². The predicted octanol–water partition coefficient (Wildman–Crippen LogP) is 2.58. The number of hydrogen-bond acceptors (Lipinski definition) is 5. The number of imidazole rings is 1. The van der Waals surface area contributed by atoms with Gasteiger partial charge in [-0.15, -0.1) is 0 Å². The van der Waals surface area contributed by atoms with Crippen molar-refractivity contribution in [2.75, 3.05) is 5.43 Å². The molecule has 1 N–H and O–H groups in total. The Bertz CT molecular complexity index is 1140. The first-order valence-corrected chi connectivity index (χ1v) is 9.38. The summed E-state index contributed by atoms with van der Waals surface area (Å²) in [5.41, 5.74) is 3.71. The Labute approximate surface area is 167 Å². The molecule has 148 valence electrons. The molecule has 0 aliphatic rings. The van der Waals surface area contributed by atoms with Crippen LogP contribution in [0.2, 0.25) is 5.02 Å². The molecule has 28 heavy (non-hydrogen) atoms. The van der Waals surface area contributed by atoms with Crippen molar-refractivity contribution in [1.82, 2.24) is 18.7 Å². The Hall–Kier alpha value is -2.87. The molecule has 3 aromatic rings. The molecule has 0 aliphatic heterocycles. The zero-order valence-electron chi connectivity index (χ0n) is 16.3. The minimum absolute atomic E-state index is 0.334. The third-order valence-electron chi connectivity index (χ3n) is 4.53. The topological polar surface area (TPSA) is 86.2 Å². The Kier molecular flexibility index (Phi) is 5.69. The highest BCUT2D eigenvalue weighted by molar-refractivity contribution is 6.30. The van der Waals surface area contributed by atoms with Crippen molar-refractivity contribution in [3.05, 3.63) is 55.7 Å². The van der Waals surface area contributed by atoms with Crippen LogP contribution >= 0.6 is 11.6 Å². The van der Waals surface area contributed by atoms with E-state index in [1.807, 2.05) is 12.1 Å². The largest absolute Gasteiger partial charge is 0.332 e. The first-order chi connectivity index (χ1) is 13.3. The summed E-state index contributed by atoms with van der Waals surface area (Å²) in [5.74, 6) is 0.860. The standard InChI is InChI=1S/C19H23ClN6O2/c1-12(2)9-10-26-15-16(24(3)19(28)25(4)17(15)27)22-18(26)23-21-11-13-5-7-14(20)8-6-13/h5-8,11-12H,9-10H2,1-4H3,(H,22,23)/b21-11+. The van der Waals surface area contributed by atoms with Crippen molar-refractivity contribution in [3.8, 4) is 0 Å². The number of fused-ring (bicyclic) bond motifs is 1. The number of aryl methyl sites for hydroxylation is 2. The van der Waals surface area contributed by atoms with Crippen molar-refractivity contribution in [3.63, 3.8) is 0 Å². The molecule has 9 heteroatoms. The summed E-state index contributed by atoms with van der Waals surface area (Å²) in [6.07, 6.45) is 2.49. The van der Waals surface area contributed by atoms with Gasteiger partial charge in [-0.05, 0) is 30.0 Å². The maximum absolute atomic E-state index is 12.7. The van der Waals surface area contributed by atoms with Gasteiger partial charge in [0.05, 0.1) is 6.21 Å². The molecule has 0 radical (unpaired) electrons. The number of aromatic nitrogens is 4. The fourth-order valence-corrected chi connectivity index (χ4v) is 2.98. The summed E-state index contributed by atoms with van der Waals surface area (Å²) < 4.78 is 4.25. The van der Waals surface area contributed by atoms with Crippen LogP contribution in [0.25, 0.3) is 11.2 Å². The Balaban J connectivity index is 2.05. The Morgan fingerprint density at radius 2 is 1.86 bits per heavy atom. The highest BCUT2D eigenvalue weighted by Crippen LogP contribution is 2.18. The van der Waals surface area contributed by atoms with E-state index in [1.165, 1.54) is 11.6 Å². The highest BCUT2D eigenvalue weighted by Gasteiger charge is 2.19. The molecule has 0 spiro atoms. The lowest BCUT2D eigenvalue weighted by Gasteiger charge is -2.10. The van der Waals surface area contributed by atoms with Crippen LogP contribution in [-0.4, -0.2) is 24.9 Å². The number of anilines is 1. The summed E-state index contributed by atoms with van der Waals surface area (Å²) >= 11 is 5.89. The van der Waals surface area contributed by atoms with Crippen LogP contribution in [0.3, 0.4) is 0 Å². The first kappa shape index (κ1) is 19.9. The van der Waals surface area contributed by atoms with E-state index in [0.717, 1.165) is 16.6 Å². The summed E-state index contributed by atoms with van der Waals surface area (Å²) in [6, 6.07) is 7.24. The molecule has 0 bridgehead atoms. The van der Waals surface area contributed by atoms with Crippen molar-refractivity contribution in [2.24, 2.45) is 25.1 Å². The third-order valence-corrected chi connectivity index (χ3v) is 4.78. The first-order valence-electron chi connectivity index (χ1n) is 9.00. The van der Waals surface area contributed by atoms with Crippen LogP contribution in [0.5, 0.6) is 0 Å². The van der Waals surface area contributed by atoms with Crippen molar-refractivity contribution < 1.29 is 0 Å². The highest BCUT2D eigenvalue weighted by atomic mass is 35.5. The molecule has 0 aliphatic carbocycles. The maximum Gasteiger partial charge on any atom is 0.332 e. The number of nitrogens with zero attached hydrogens (tertiary/aromatic N) is 5. The van der Waals surface area contributed by atoms with Crippen molar-refractivity contribution >= 4 is 34.9 Å². The zero-order valence-corrected chi connectivity index (χ0v) is 17.1. The number of benzene rings is 1. The second-order valence-corrected chi connectivity index (χ2v) is 7.51. The molecule has 2 aromatic heterocycles. The van der Waals surface area contributed by atoms with Gasteiger partial charge in [0.1, 0.15) is 0 Å². The predicted molar refractivity (Wildman–Crippen MR) is 112 cm³/mol. The quantitative estimate of drug-likeness (QED) is 0.507. The maximum atomic E-state index is 12.7. The number of nitrogens with one attached hydrogen (secondary N) is 1. The monoisotopic (exact) mass is 402 g/mol. The van der Waals surface area contributed by atoms with Gasteiger partial charge in [-0.25, -0.2) is 10.2 Å². The summed E-state index contributed by atoms with van der Waals surface area (Å²) in [5, 5.41) is 4.88. The second kappa shape index (κ2) is 8.02. The van der Waals surface area contributed by atoms with Gasteiger partial charge >= 0.3 is 5.69 Å². The number of halogens is 1. The normalized spacial score (nSPS) is 11.8. The fourth-order valence-electron chi connectivity index (χ4n) is 2.85. The lowest BCUT2D eigenvalue weighted by molar-refractivity contribution is 0.524. The molecule has 0 unspecified atom stereocenters. The second-order valence-electron chi connectivity index (χ2n) is 7.07. The minimum Gasteiger partial charge on any atom is -0.303 e. The van der Waals surface area contributed by atoms with Gasteiger partial charge < -0.3 is 4.57 Å². The lowest BCUT2D eigenvalue weighted by atomic mass is 10.1. The van der Waals surface area contributed by atoms with Crippen molar-refractivity contribution in [2.45, 2.75) is 26.8 Å². The van der Waals surface area contributed by atoms with Gasteiger partial charge in [-0.2, -0.15) is 10.1 Å². The molecule has 0 atom stereocenters. The molecular weight excluding hydrogens is 380 g/mol. The molecular formula is C19H23ClN6O2. The van der Waals surface area contributed by atoms with Crippen LogP contribution in [-0.2, 0) is 20.6 Å². The fraction of sp³-hybridized carbons (Fsp3) is 0.368. The molecule has 0 fully saturated rings. The smallest absolute Gasteiger partial charge is 0.303 e. The van der Waals surface area contributed by atoms with Crippen LogP contribution in [0, 0.1) is 5.92 Å². The number of hydrazone groups is 1.